The van der Waals surface area contributed by atoms with Gasteiger partial charge in [0.05, 0.1) is 18.8 Å². The highest BCUT2D eigenvalue weighted by atomic mass is 32.1. The molecule has 1 aromatic rings. The van der Waals surface area contributed by atoms with Crippen LogP contribution in [0.4, 0.5) is 5.00 Å². The zero-order chi connectivity index (χ0) is 21.1. The molecule has 0 bridgehead atoms. The Morgan fingerprint density at radius 1 is 1.00 bits per heavy atom. The second-order valence-corrected chi connectivity index (χ2v) is 6.26. The van der Waals surface area contributed by atoms with Crippen molar-refractivity contribution < 1.29 is 33.4 Å². The van der Waals surface area contributed by atoms with Gasteiger partial charge in [0.15, 0.2) is 6.61 Å². The summed E-state index contributed by atoms with van der Waals surface area (Å²) in [7, 11) is 0. The molecule has 0 aliphatic heterocycles. The lowest BCUT2D eigenvalue weighted by atomic mass is 10.1. The fraction of sp³-hybridized carbons (Fsp3) is 0.368. The van der Waals surface area contributed by atoms with E-state index in [-0.39, 0.29) is 28.7 Å². The first kappa shape index (κ1) is 23.1. The Bertz CT molecular complexity index is 792. The van der Waals surface area contributed by atoms with Crippen molar-refractivity contribution in [3.8, 4) is 0 Å². The highest BCUT2D eigenvalue weighted by molar-refractivity contribution is 7.18. The van der Waals surface area contributed by atoms with Gasteiger partial charge in [-0.2, -0.15) is 0 Å². The molecule has 9 heteroatoms. The summed E-state index contributed by atoms with van der Waals surface area (Å²) in [6.45, 7) is 6.41. The Balaban J connectivity index is 2.96. The lowest BCUT2D eigenvalue weighted by Gasteiger charge is -2.07. The summed E-state index contributed by atoms with van der Waals surface area (Å²) >= 11 is 0.897. The molecule has 1 aromatic heterocycles. The van der Waals surface area contributed by atoms with Gasteiger partial charge in [0, 0.05) is 6.08 Å². The average molecular weight is 409 g/mol. The molecule has 1 rings (SSSR count). The van der Waals surface area contributed by atoms with Gasteiger partial charge in [-0.15, -0.1) is 11.3 Å². The molecule has 0 atom stereocenters. The zero-order valence-electron chi connectivity index (χ0n) is 16.2. The number of allylic oxidation sites excluding steroid dienone is 3. The van der Waals surface area contributed by atoms with E-state index in [0.29, 0.717) is 5.56 Å². The number of hydrogen-bond donors (Lipinski definition) is 1. The summed E-state index contributed by atoms with van der Waals surface area (Å²) in [5.74, 6) is -2.62. The number of ether oxygens (including phenoxy) is 3. The minimum Gasteiger partial charge on any atom is -0.462 e. The summed E-state index contributed by atoms with van der Waals surface area (Å²) in [5, 5.41) is 2.62. The second kappa shape index (κ2) is 11.7. The molecule has 0 aliphatic rings. The number of carbonyl (C=O) groups excluding carboxylic acids is 4. The molecule has 0 saturated carbocycles. The van der Waals surface area contributed by atoms with Gasteiger partial charge in [-0.3, -0.25) is 4.79 Å². The SMILES string of the molecule is C/C=C/C=C/C(=O)OCC(=O)Nc1sc(C(=O)OCC)c(C)c1C(=O)OCC. The monoisotopic (exact) mass is 409 g/mol. The number of carbonyl (C=O) groups is 4. The average Bonchev–Trinajstić information content (AvgIpc) is 2.96. The number of rotatable bonds is 9. The van der Waals surface area contributed by atoms with Crippen molar-refractivity contribution in [2.24, 2.45) is 0 Å². The third-order valence-electron chi connectivity index (χ3n) is 3.22. The van der Waals surface area contributed by atoms with Gasteiger partial charge in [-0.25, -0.2) is 14.4 Å². The molecule has 28 heavy (non-hydrogen) atoms. The standard InChI is InChI=1S/C19H23NO7S/c1-5-8-9-10-14(22)27-11-13(21)20-17-15(18(23)25-6-2)12(4)16(28-17)19(24)26-7-3/h5,8-10H,6-7,11H2,1-4H3,(H,20,21)/b8-5+,10-9+. The van der Waals surface area contributed by atoms with E-state index in [1.54, 1.807) is 39.8 Å². The van der Waals surface area contributed by atoms with Crippen molar-refractivity contribution in [1.29, 1.82) is 0 Å². The number of anilines is 1. The molecule has 0 radical (unpaired) electrons. The molecular weight excluding hydrogens is 386 g/mol. The van der Waals surface area contributed by atoms with E-state index in [4.69, 9.17) is 14.2 Å². The lowest BCUT2D eigenvalue weighted by Crippen LogP contribution is -2.21. The highest BCUT2D eigenvalue weighted by Crippen LogP contribution is 2.34. The van der Waals surface area contributed by atoms with Crippen LogP contribution in [0.5, 0.6) is 0 Å². The van der Waals surface area contributed by atoms with E-state index >= 15 is 0 Å². The van der Waals surface area contributed by atoms with E-state index in [9.17, 15) is 19.2 Å². The Hall–Kier alpha value is -2.94. The molecule has 0 unspecified atom stereocenters. The normalized spacial score (nSPS) is 10.9. The van der Waals surface area contributed by atoms with Gasteiger partial charge < -0.3 is 19.5 Å². The smallest absolute Gasteiger partial charge is 0.348 e. The van der Waals surface area contributed by atoms with Gasteiger partial charge in [-0.05, 0) is 33.3 Å². The van der Waals surface area contributed by atoms with Gasteiger partial charge in [0.1, 0.15) is 9.88 Å². The number of amides is 1. The molecule has 1 heterocycles. The molecular formula is C19H23NO7S. The largest absolute Gasteiger partial charge is 0.462 e. The molecule has 0 saturated heterocycles. The third-order valence-corrected chi connectivity index (χ3v) is 4.41. The second-order valence-electron chi connectivity index (χ2n) is 5.24. The van der Waals surface area contributed by atoms with Crippen molar-refractivity contribution in [3.63, 3.8) is 0 Å². The summed E-state index contributed by atoms with van der Waals surface area (Å²) in [6, 6.07) is 0. The molecule has 152 valence electrons. The molecule has 1 amide bonds. The summed E-state index contributed by atoms with van der Waals surface area (Å²) in [4.78, 5) is 48.1. The minimum atomic E-state index is -0.687. The molecule has 8 nitrogen and oxygen atoms in total. The van der Waals surface area contributed by atoms with Crippen LogP contribution in [0.25, 0.3) is 0 Å². The lowest BCUT2D eigenvalue weighted by molar-refractivity contribution is -0.142. The highest BCUT2D eigenvalue weighted by Gasteiger charge is 2.27. The first-order valence-corrected chi connectivity index (χ1v) is 9.40. The van der Waals surface area contributed by atoms with Crippen molar-refractivity contribution >= 4 is 40.2 Å². The molecule has 0 fully saturated rings. The van der Waals surface area contributed by atoms with Gasteiger partial charge in [0.25, 0.3) is 5.91 Å². The van der Waals surface area contributed by atoms with E-state index in [1.807, 2.05) is 0 Å². The Labute approximate surface area is 167 Å². The fourth-order valence-corrected chi connectivity index (χ4v) is 3.14. The predicted octanol–water partition coefficient (Wildman–Crippen LogP) is 3.02. The summed E-state index contributed by atoms with van der Waals surface area (Å²) in [6.07, 6.45) is 6.02. The van der Waals surface area contributed by atoms with Crippen LogP contribution >= 0.6 is 11.3 Å². The van der Waals surface area contributed by atoms with Crippen molar-refractivity contribution in [3.05, 3.63) is 40.3 Å². The number of hydrogen-bond acceptors (Lipinski definition) is 8. The van der Waals surface area contributed by atoms with Crippen LogP contribution in [0, 0.1) is 6.92 Å². The Morgan fingerprint density at radius 2 is 1.64 bits per heavy atom. The maximum atomic E-state index is 12.3. The van der Waals surface area contributed by atoms with Crippen LogP contribution in [0.2, 0.25) is 0 Å². The number of thiophene rings is 1. The first-order chi connectivity index (χ1) is 13.3. The van der Waals surface area contributed by atoms with Gasteiger partial charge >= 0.3 is 17.9 Å². The number of esters is 3. The maximum Gasteiger partial charge on any atom is 0.348 e. The molecule has 0 aromatic carbocycles. The van der Waals surface area contributed by atoms with Gasteiger partial charge in [-0.1, -0.05) is 18.2 Å². The zero-order valence-corrected chi connectivity index (χ0v) is 17.0. The fourth-order valence-electron chi connectivity index (χ4n) is 2.03. The summed E-state index contributed by atoms with van der Waals surface area (Å²) < 4.78 is 14.8. The molecule has 0 spiro atoms. The Kier molecular flexibility index (Phi) is 9.66. The topological polar surface area (TPSA) is 108 Å². The van der Waals surface area contributed by atoms with Crippen LogP contribution in [0.3, 0.4) is 0 Å². The van der Waals surface area contributed by atoms with Crippen molar-refractivity contribution in [2.75, 3.05) is 25.1 Å². The van der Waals surface area contributed by atoms with E-state index in [0.717, 1.165) is 11.3 Å². The van der Waals surface area contributed by atoms with Crippen LogP contribution in [-0.4, -0.2) is 43.6 Å². The Morgan fingerprint density at radius 3 is 2.25 bits per heavy atom. The van der Waals surface area contributed by atoms with Crippen LogP contribution in [0.1, 0.15) is 46.4 Å². The summed E-state index contributed by atoms with van der Waals surface area (Å²) in [5.41, 5.74) is 0.422. The third kappa shape index (κ3) is 6.66. The van der Waals surface area contributed by atoms with Crippen LogP contribution < -0.4 is 5.32 Å². The quantitative estimate of drug-likeness (QED) is 0.289. The molecule has 0 aliphatic carbocycles. The van der Waals surface area contributed by atoms with Crippen molar-refractivity contribution in [2.45, 2.75) is 27.7 Å². The van der Waals surface area contributed by atoms with E-state index in [2.05, 4.69) is 5.32 Å². The molecule has 1 N–H and O–H groups in total. The van der Waals surface area contributed by atoms with E-state index < -0.39 is 30.4 Å². The van der Waals surface area contributed by atoms with E-state index in [1.165, 1.54) is 12.2 Å². The maximum absolute atomic E-state index is 12.3. The van der Waals surface area contributed by atoms with Crippen LogP contribution in [-0.2, 0) is 23.8 Å². The minimum absolute atomic E-state index is 0.0718. The van der Waals surface area contributed by atoms with Gasteiger partial charge in [0.2, 0.25) is 0 Å². The van der Waals surface area contributed by atoms with Crippen LogP contribution in [0.15, 0.2) is 24.3 Å². The van der Waals surface area contributed by atoms with Crippen molar-refractivity contribution in [1.82, 2.24) is 0 Å². The first-order valence-electron chi connectivity index (χ1n) is 8.59. The predicted molar refractivity (Wildman–Crippen MR) is 105 cm³/mol. The number of nitrogens with one attached hydrogen (secondary N) is 1.